The standard InChI is InChI=1S/C23H32N2O5S/c1-16(2)21-12-7-17(3)15-22(21)30-18(4)23(26)24-13-14-29-19-8-10-20(11-9-19)31(27,28)25(5)6/h7-12,15-16,18H,13-14H2,1-6H3,(H,24,26)/t18-/m1/s1. The first-order valence-corrected chi connectivity index (χ1v) is 11.7. The summed E-state index contributed by atoms with van der Waals surface area (Å²) >= 11 is 0. The highest BCUT2D eigenvalue weighted by molar-refractivity contribution is 7.89. The number of carbonyl (C=O) groups is 1. The number of amides is 1. The van der Waals surface area contributed by atoms with Crippen molar-refractivity contribution < 1.29 is 22.7 Å². The molecular formula is C23H32N2O5S. The molecule has 0 aromatic heterocycles. The number of hydrogen-bond donors (Lipinski definition) is 1. The lowest BCUT2D eigenvalue weighted by Gasteiger charge is -2.19. The van der Waals surface area contributed by atoms with Crippen LogP contribution in [0.15, 0.2) is 47.4 Å². The molecule has 1 N–H and O–H groups in total. The molecule has 170 valence electrons. The van der Waals surface area contributed by atoms with Crippen LogP contribution in [0, 0.1) is 6.92 Å². The van der Waals surface area contributed by atoms with Gasteiger partial charge in [-0.2, -0.15) is 0 Å². The second-order valence-electron chi connectivity index (χ2n) is 7.85. The molecule has 0 saturated heterocycles. The minimum Gasteiger partial charge on any atom is -0.492 e. The molecule has 8 heteroatoms. The topological polar surface area (TPSA) is 84.9 Å². The molecule has 1 amide bonds. The van der Waals surface area contributed by atoms with Crippen molar-refractivity contribution in [3.8, 4) is 11.5 Å². The summed E-state index contributed by atoms with van der Waals surface area (Å²) in [4.78, 5) is 12.6. The first kappa shape index (κ1) is 24.7. The molecule has 0 bridgehead atoms. The summed E-state index contributed by atoms with van der Waals surface area (Å²) in [6, 6.07) is 12.2. The molecule has 0 saturated carbocycles. The largest absolute Gasteiger partial charge is 0.492 e. The quantitative estimate of drug-likeness (QED) is 0.564. The normalized spacial score (nSPS) is 12.6. The van der Waals surface area contributed by atoms with Gasteiger partial charge in [-0.25, -0.2) is 12.7 Å². The highest BCUT2D eigenvalue weighted by Gasteiger charge is 2.18. The van der Waals surface area contributed by atoms with Gasteiger partial charge in [0.25, 0.3) is 5.91 Å². The zero-order valence-corrected chi connectivity index (χ0v) is 19.8. The van der Waals surface area contributed by atoms with E-state index in [1.807, 2.05) is 25.1 Å². The van der Waals surface area contributed by atoms with Crippen LogP contribution in [0.25, 0.3) is 0 Å². The van der Waals surface area contributed by atoms with Crippen molar-refractivity contribution in [3.63, 3.8) is 0 Å². The Kier molecular flexibility index (Phi) is 8.47. The maximum absolute atomic E-state index is 12.4. The van der Waals surface area contributed by atoms with Gasteiger partial charge in [0.1, 0.15) is 18.1 Å². The number of benzene rings is 2. The molecule has 0 unspecified atom stereocenters. The number of sulfonamides is 1. The Labute approximate surface area is 185 Å². The van der Waals surface area contributed by atoms with Crippen LogP contribution in [-0.4, -0.2) is 52.0 Å². The first-order chi connectivity index (χ1) is 14.5. The van der Waals surface area contributed by atoms with Crippen LogP contribution < -0.4 is 14.8 Å². The predicted molar refractivity (Wildman–Crippen MR) is 121 cm³/mol. The molecule has 2 rings (SSSR count). The SMILES string of the molecule is Cc1ccc(C(C)C)c(O[C@H](C)C(=O)NCCOc2ccc(S(=O)(=O)N(C)C)cc2)c1. The summed E-state index contributed by atoms with van der Waals surface area (Å²) in [6.45, 7) is 8.42. The van der Waals surface area contributed by atoms with E-state index in [0.29, 0.717) is 18.2 Å². The average Bonchev–Trinajstić information content (AvgIpc) is 2.71. The zero-order valence-electron chi connectivity index (χ0n) is 19.0. The van der Waals surface area contributed by atoms with Crippen LogP contribution in [0.4, 0.5) is 0 Å². The van der Waals surface area contributed by atoms with Crippen LogP contribution >= 0.6 is 0 Å². The van der Waals surface area contributed by atoms with E-state index in [2.05, 4.69) is 19.2 Å². The van der Waals surface area contributed by atoms with Crippen molar-refractivity contribution in [2.75, 3.05) is 27.2 Å². The van der Waals surface area contributed by atoms with Crippen LogP contribution in [-0.2, 0) is 14.8 Å². The zero-order chi connectivity index (χ0) is 23.2. The Bertz CT molecular complexity index is 986. The van der Waals surface area contributed by atoms with Crippen molar-refractivity contribution in [3.05, 3.63) is 53.6 Å². The van der Waals surface area contributed by atoms with Crippen molar-refractivity contribution >= 4 is 15.9 Å². The van der Waals surface area contributed by atoms with Crippen LogP contribution in [0.2, 0.25) is 0 Å². The first-order valence-electron chi connectivity index (χ1n) is 10.2. The van der Waals surface area contributed by atoms with Crippen LogP contribution in [0.3, 0.4) is 0 Å². The van der Waals surface area contributed by atoms with E-state index in [9.17, 15) is 13.2 Å². The van der Waals surface area contributed by atoms with Gasteiger partial charge in [0.2, 0.25) is 10.0 Å². The number of rotatable bonds is 10. The van der Waals surface area contributed by atoms with Gasteiger partial charge in [-0.1, -0.05) is 26.0 Å². The molecule has 1 atom stereocenters. The minimum atomic E-state index is -3.47. The second-order valence-corrected chi connectivity index (χ2v) is 10.0. The molecule has 0 aliphatic heterocycles. The number of nitrogens with zero attached hydrogens (tertiary/aromatic N) is 1. The molecule has 0 spiro atoms. The molecule has 0 radical (unpaired) electrons. The van der Waals surface area contributed by atoms with Crippen molar-refractivity contribution in [1.29, 1.82) is 0 Å². The Hall–Kier alpha value is -2.58. The average molecular weight is 449 g/mol. The fourth-order valence-electron chi connectivity index (χ4n) is 2.87. The lowest BCUT2D eigenvalue weighted by atomic mass is 10.0. The molecule has 0 heterocycles. The Morgan fingerprint density at radius 1 is 1.06 bits per heavy atom. The van der Waals surface area contributed by atoms with Crippen LogP contribution in [0.1, 0.15) is 37.8 Å². The maximum atomic E-state index is 12.4. The van der Waals surface area contributed by atoms with Gasteiger partial charge in [0.05, 0.1) is 11.4 Å². The molecule has 2 aromatic rings. The van der Waals surface area contributed by atoms with Gasteiger partial charge in [-0.3, -0.25) is 4.79 Å². The monoisotopic (exact) mass is 448 g/mol. The fraction of sp³-hybridized carbons (Fsp3) is 0.435. The highest BCUT2D eigenvalue weighted by atomic mass is 32.2. The molecule has 2 aromatic carbocycles. The Morgan fingerprint density at radius 2 is 1.71 bits per heavy atom. The van der Waals surface area contributed by atoms with E-state index in [4.69, 9.17) is 9.47 Å². The summed E-state index contributed by atoms with van der Waals surface area (Å²) in [6.07, 6.45) is -0.644. The maximum Gasteiger partial charge on any atom is 0.260 e. The Morgan fingerprint density at radius 3 is 2.29 bits per heavy atom. The van der Waals surface area contributed by atoms with Gasteiger partial charge in [0, 0.05) is 14.1 Å². The van der Waals surface area contributed by atoms with Gasteiger partial charge < -0.3 is 14.8 Å². The summed E-state index contributed by atoms with van der Waals surface area (Å²) in [5, 5.41) is 2.80. The number of aryl methyl sites for hydroxylation is 1. The van der Waals surface area contributed by atoms with E-state index in [1.165, 1.54) is 26.2 Å². The third kappa shape index (κ3) is 6.70. The minimum absolute atomic E-state index is 0.195. The number of ether oxygens (including phenoxy) is 2. The molecule has 0 aliphatic rings. The van der Waals surface area contributed by atoms with Gasteiger partial charge >= 0.3 is 0 Å². The van der Waals surface area contributed by atoms with E-state index in [-0.39, 0.29) is 17.4 Å². The van der Waals surface area contributed by atoms with Crippen molar-refractivity contribution in [1.82, 2.24) is 9.62 Å². The Balaban J connectivity index is 1.84. The fourth-order valence-corrected chi connectivity index (χ4v) is 3.77. The summed E-state index contributed by atoms with van der Waals surface area (Å²) in [7, 11) is -0.506. The molecule has 0 aliphatic carbocycles. The number of carbonyl (C=O) groups excluding carboxylic acids is 1. The molecular weight excluding hydrogens is 416 g/mol. The summed E-state index contributed by atoms with van der Waals surface area (Å²) in [5.41, 5.74) is 2.14. The van der Waals surface area contributed by atoms with Gasteiger partial charge in [0.15, 0.2) is 6.10 Å². The van der Waals surface area contributed by atoms with E-state index in [1.54, 1.807) is 19.1 Å². The third-order valence-electron chi connectivity index (χ3n) is 4.74. The van der Waals surface area contributed by atoms with E-state index < -0.39 is 16.1 Å². The highest BCUT2D eigenvalue weighted by Crippen LogP contribution is 2.28. The van der Waals surface area contributed by atoms with E-state index in [0.717, 1.165) is 21.2 Å². The number of nitrogens with one attached hydrogen (secondary N) is 1. The lowest BCUT2D eigenvalue weighted by Crippen LogP contribution is -2.38. The van der Waals surface area contributed by atoms with Gasteiger partial charge in [-0.15, -0.1) is 0 Å². The second kappa shape index (κ2) is 10.6. The summed E-state index contributed by atoms with van der Waals surface area (Å²) in [5.74, 6) is 1.31. The van der Waals surface area contributed by atoms with Gasteiger partial charge in [-0.05, 0) is 61.2 Å². The summed E-state index contributed by atoms with van der Waals surface area (Å²) < 4.78 is 36.8. The smallest absolute Gasteiger partial charge is 0.260 e. The van der Waals surface area contributed by atoms with Crippen molar-refractivity contribution in [2.45, 2.75) is 44.6 Å². The lowest BCUT2D eigenvalue weighted by molar-refractivity contribution is -0.127. The molecule has 31 heavy (non-hydrogen) atoms. The molecule has 7 nitrogen and oxygen atoms in total. The van der Waals surface area contributed by atoms with Crippen LogP contribution in [0.5, 0.6) is 11.5 Å². The predicted octanol–water partition coefficient (Wildman–Crippen LogP) is 3.33. The van der Waals surface area contributed by atoms with Crippen molar-refractivity contribution in [2.24, 2.45) is 0 Å². The van der Waals surface area contributed by atoms with E-state index >= 15 is 0 Å². The number of hydrogen-bond acceptors (Lipinski definition) is 5. The third-order valence-corrected chi connectivity index (χ3v) is 6.57. The molecule has 0 fully saturated rings.